The van der Waals surface area contributed by atoms with Crippen LogP contribution in [0.1, 0.15) is 33.6 Å². The summed E-state index contributed by atoms with van der Waals surface area (Å²) in [6, 6.07) is -0.00829. The predicted octanol–water partition coefficient (Wildman–Crippen LogP) is 1.60. The van der Waals surface area contributed by atoms with Crippen molar-refractivity contribution in [3.8, 4) is 0 Å². The van der Waals surface area contributed by atoms with E-state index in [1.54, 1.807) is 4.90 Å². The van der Waals surface area contributed by atoms with Crippen molar-refractivity contribution in [2.45, 2.75) is 45.8 Å². The molecular weight excluding hydrogens is 228 g/mol. The van der Waals surface area contributed by atoms with Gasteiger partial charge in [0.2, 0.25) is 5.91 Å². The maximum Gasteiger partial charge on any atom is 0.239 e. The molecule has 0 N–H and O–H groups in total. The van der Waals surface area contributed by atoms with Gasteiger partial charge < -0.3 is 9.64 Å². The van der Waals surface area contributed by atoms with Crippen molar-refractivity contribution in [1.29, 1.82) is 0 Å². The Kier molecular flexibility index (Phi) is 6.09. The van der Waals surface area contributed by atoms with Crippen LogP contribution >= 0.6 is 0 Å². The fourth-order valence-electron chi connectivity index (χ4n) is 2.29. The zero-order valence-corrected chi connectivity index (χ0v) is 12.5. The van der Waals surface area contributed by atoms with Crippen molar-refractivity contribution in [2.75, 3.05) is 33.8 Å². The first-order valence-corrected chi connectivity index (χ1v) is 6.98. The van der Waals surface area contributed by atoms with E-state index in [2.05, 4.69) is 18.7 Å². The van der Waals surface area contributed by atoms with Gasteiger partial charge in [-0.2, -0.15) is 0 Å². The number of carbonyl (C=O) groups excluding carboxylic acids is 1. The number of likely N-dealkylation sites (N-methyl/N-ethyl adjacent to an activating group) is 1. The average Bonchev–Trinajstić information content (AvgIpc) is 2.35. The molecule has 1 rings (SSSR count). The van der Waals surface area contributed by atoms with Crippen molar-refractivity contribution in [1.82, 2.24) is 9.80 Å². The van der Waals surface area contributed by atoms with E-state index in [0.29, 0.717) is 12.0 Å². The molecule has 4 heteroatoms. The van der Waals surface area contributed by atoms with Crippen LogP contribution in [0.3, 0.4) is 0 Å². The molecule has 0 unspecified atom stereocenters. The summed E-state index contributed by atoms with van der Waals surface area (Å²) in [4.78, 5) is 15.8. The number of piperidine rings is 1. The van der Waals surface area contributed by atoms with Gasteiger partial charge in [-0.15, -0.1) is 0 Å². The minimum atomic E-state index is -0.00829. The maximum atomic E-state index is 11.9. The molecule has 1 fully saturated rings. The molecule has 0 aromatic rings. The summed E-state index contributed by atoms with van der Waals surface area (Å²) in [5.74, 6) is 0.786. The van der Waals surface area contributed by atoms with Gasteiger partial charge in [-0.3, -0.25) is 9.69 Å². The van der Waals surface area contributed by atoms with Gasteiger partial charge in [0.05, 0.1) is 12.1 Å². The first-order chi connectivity index (χ1) is 8.41. The average molecular weight is 256 g/mol. The van der Waals surface area contributed by atoms with Crippen molar-refractivity contribution in [3.05, 3.63) is 0 Å². The quantitative estimate of drug-likeness (QED) is 0.749. The van der Waals surface area contributed by atoms with Crippen LogP contribution in [0.5, 0.6) is 0 Å². The fourth-order valence-corrected chi connectivity index (χ4v) is 2.29. The molecule has 0 radical (unpaired) electrons. The molecule has 1 saturated heterocycles. The minimum absolute atomic E-state index is 0.00829. The molecule has 18 heavy (non-hydrogen) atoms. The summed E-state index contributed by atoms with van der Waals surface area (Å²) in [5.41, 5.74) is 0. The molecule has 1 atom stereocenters. The van der Waals surface area contributed by atoms with Crippen LogP contribution < -0.4 is 0 Å². The topological polar surface area (TPSA) is 32.8 Å². The molecule has 1 aliphatic rings. The number of carbonyl (C=O) groups is 1. The maximum absolute atomic E-state index is 11.9. The Morgan fingerprint density at radius 3 is 2.28 bits per heavy atom. The summed E-state index contributed by atoms with van der Waals surface area (Å²) < 4.78 is 5.86. The van der Waals surface area contributed by atoms with Crippen LogP contribution in [0.25, 0.3) is 0 Å². The van der Waals surface area contributed by atoms with E-state index < -0.39 is 0 Å². The van der Waals surface area contributed by atoms with E-state index in [0.717, 1.165) is 32.5 Å². The van der Waals surface area contributed by atoms with Gasteiger partial charge in [-0.25, -0.2) is 0 Å². The zero-order valence-electron chi connectivity index (χ0n) is 12.5. The molecule has 1 amide bonds. The molecule has 4 nitrogen and oxygen atoms in total. The second kappa shape index (κ2) is 7.10. The van der Waals surface area contributed by atoms with Gasteiger partial charge in [0.1, 0.15) is 0 Å². The van der Waals surface area contributed by atoms with E-state index in [-0.39, 0.29) is 11.9 Å². The lowest BCUT2D eigenvalue weighted by molar-refractivity contribution is -0.135. The van der Waals surface area contributed by atoms with Crippen molar-refractivity contribution < 1.29 is 9.53 Å². The van der Waals surface area contributed by atoms with E-state index in [1.165, 1.54) is 0 Å². The highest BCUT2D eigenvalue weighted by atomic mass is 16.5. The van der Waals surface area contributed by atoms with Gasteiger partial charge in [0, 0.05) is 33.8 Å². The Labute approximate surface area is 111 Å². The summed E-state index contributed by atoms with van der Waals surface area (Å²) in [5, 5.41) is 0. The molecule has 0 spiro atoms. The lowest BCUT2D eigenvalue weighted by Gasteiger charge is -2.36. The third-order valence-corrected chi connectivity index (χ3v) is 3.49. The number of likely N-dealkylation sites (tertiary alicyclic amines) is 1. The van der Waals surface area contributed by atoms with Crippen LogP contribution in [-0.4, -0.2) is 61.6 Å². The third-order valence-electron chi connectivity index (χ3n) is 3.49. The van der Waals surface area contributed by atoms with Gasteiger partial charge in [0.15, 0.2) is 0 Å². The third kappa shape index (κ3) is 4.58. The standard InChI is InChI=1S/C14H28N2O2/c1-11(2)10-18-13-6-8-16(9-7-13)12(3)14(17)15(4)5/h11-13H,6-10H2,1-5H3/t12-/m0/s1. The molecule has 1 heterocycles. The van der Waals surface area contributed by atoms with E-state index >= 15 is 0 Å². The highest BCUT2D eigenvalue weighted by Crippen LogP contribution is 2.17. The van der Waals surface area contributed by atoms with Crippen LogP contribution in [-0.2, 0) is 9.53 Å². The zero-order chi connectivity index (χ0) is 13.7. The number of amides is 1. The summed E-state index contributed by atoms with van der Waals surface area (Å²) in [6.45, 7) is 9.11. The molecule has 0 saturated carbocycles. The Bertz CT molecular complexity index is 259. The summed E-state index contributed by atoms with van der Waals surface area (Å²) in [6.07, 6.45) is 2.46. The van der Waals surface area contributed by atoms with Gasteiger partial charge in [-0.05, 0) is 25.7 Å². The first-order valence-electron chi connectivity index (χ1n) is 6.98. The number of rotatable bonds is 5. The second-order valence-electron chi connectivity index (χ2n) is 5.87. The Morgan fingerprint density at radius 1 is 1.28 bits per heavy atom. The van der Waals surface area contributed by atoms with Crippen molar-refractivity contribution in [3.63, 3.8) is 0 Å². The van der Waals surface area contributed by atoms with Gasteiger partial charge in [0.25, 0.3) is 0 Å². The Hall–Kier alpha value is -0.610. The lowest BCUT2D eigenvalue weighted by atomic mass is 10.1. The first kappa shape index (κ1) is 15.4. The second-order valence-corrected chi connectivity index (χ2v) is 5.87. The largest absolute Gasteiger partial charge is 0.378 e. The molecule has 1 aliphatic heterocycles. The van der Waals surface area contributed by atoms with Crippen molar-refractivity contribution in [2.24, 2.45) is 5.92 Å². The smallest absolute Gasteiger partial charge is 0.239 e. The van der Waals surface area contributed by atoms with Crippen LogP contribution in [0.4, 0.5) is 0 Å². The molecule has 0 aliphatic carbocycles. The fraction of sp³-hybridized carbons (Fsp3) is 0.929. The number of ether oxygens (including phenoxy) is 1. The lowest BCUT2D eigenvalue weighted by Crippen LogP contribution is -2.49. The van der Waals surface area contributed by atoms with Crippen LogP contribution in [0.15, 0.2) is 0 Å². The van der Waals surface area contributed by atoms with E-state index in [1.807, 2.05) is 21.0 Å². The normalized spacial score (nSPS) is 20.1. The number of hydrogen-bond donors (Lipinski definition) is 0. The van der Waals surface area contributed by atoms with Gasteiger partial charge in [-0.1, -0.05) is 13.8 Å². The molecule has 0 aromatic heterocycles. The van der Waals surface area contributed by atoms with E-state index in [9.17, 15) is 4.79 Å². The monoisotopic (exact) mass is 256 g/mol. The molecule has 106 valence electrons. The highest BCUT2D eigenvalue weighted by molar-refractivity contribution is 5.80. The Balaban J connectivity index is 2.32. The molecule has 0 aromatic carbocycles. The minimum Gasteiger partial charge on any atom is -0.378 e. The Morgan fingerprint density at radius 2 is 1.83 bits per heavy atom. The van der Waals surface area contributed by atoms with Crippen LogP contribution in [0, 0.1) is 5.92 Å². The van der Waals surface area contributed by atoms with E-state index in [4.69, 9.17) is 4.74 Å². The number of nitrogens with zero attached hydrogens (tertiary/aromatic N) is 2. The summed E-state index contributed by atoms with van der Waals surface area (Å²) in [7, 11) is 3.63. The molecule has 0 bridgehead atoms. The molecular formula is C14H28N2O2. The predicted molar refractivity (Wildman–Crippen MR) is 73.5 cm³/mol. The SMILES string of the molecule is CC(C)COC1CCN([C@@H](C)C(=O)N(C)C)CC1. The van der Waals surface area contributed by atoms with Crippen molar-refractivity contribution >= 4 is 5.91 Å². The number of hydrogen-bond acceptors (Lipinski definition) is 3. The summed E-state index contributed by atoms with van der Waals surface area (Å²) >= 11 is 0. The highest BCUT2D eigenvalue weighted by Gasteiger charge is 2.27. The van der Waals surface area contributed by atoms with Gasteiger partial charge >= 0.3 is 0 Å². The van der Waals surface area contributed by atoms with Crippen LogP contribution in [0.2, 0.25) is 0 Å².